The lowest BCUT2D eigenvalue weighted by atomic mass is 10.2. The van der Waals surface area contributed by atoms with Gasteiger partial charge < -0.3 is 24.6 Å². The van der Waals surface area contributed by atoms with E-state index in [0.29, 0.717) is 6.54 Å². The van der Waals surface area contributed by atoms with Crippen LogP contribution in [-0.4, -0.2) is 73.3 Å². The topological polar surface area (TPSA) is 161 Å². The van der Waals surface area contributed by atoms with Crippen LogP contribution in [0.15, 0.2) is 29.3 Å². The van der Waals surface area contributed by atoms with E-state index in [2.05, 4.69) is 15.7 Å². The van der Waals surface area contributed by atoms with Gasteiger partial charge in [0.25, 0.3) is 15.9 Å². The minimum atomic E-state index is -4.26. The van der Waals surface area contributed by atoms with Crippen molar-refractivity contribution in [2.75, 3.05) is 35.9 Å². The van der Waals surface area contributed by atoms with Crippen molar-refractivity contribution in [2.45, 2.75) is 57.8 Å². The standard InChI is InChI=1S/C23H33N5O8S/c1-6-27-14-20(21(26-27)34-10-9-29)37(32,33)28-13-17(12-24-15(2)30)35-19-8-7-16(11-18(19)28)25-22(31)36-23(3,4)5/h7-8,11,14,17,29H,6,9-10,12-13H2,1-5H3,(H,24,30)(H,25,31)/t17-/m0/s1. The molecule has 3 rings (SSSR count). The molecule has 1 aromatic carbocycles. The van der Waals surface area contributed by atoms with Gasteiger partial charge in [-0.2, -0.15) is 0 Å². The zero-order valence-electron chi connectivity index (χ0n) is 21.5. The Hall–Kier alpha value is -3.52. The Balaban J connectivity index is 2.03. The number of amides is 2. The predicted molar refractivity (Wildman–Crippen MR) is 134 cm³/mol. The van der Waals surface area contributed by atoms with Gasteiger partial charge in [-0.05, 0) is 45.9 Å². The number of carbonyl (C=O) groups is 2. The molecule has 0 fully saturated rings. The van der Waals surface area contributed by atoms with E-state index in [9.17, 15) is 18.0 Å². The number of benzene rings is 1. The summed E-state index contributed by atoms with van der Waals surface area (Å²) in [6.45, 7) is 8.18. The Morgan fingerprint density at radius 3 is 2.65 bits per heavy atom. The number of hydrogen-bond donors (Lipinski definition) is 3. The van der Waals surface area contributed by atoms with E-state index in [1.807, 2.05) is 0 Å². The van der Waals surface area contributed by atoms with Crippen LogP contribution in [0.25, 0.3) is 0 Å². The fourth-order valence-electron chi connectivity index (χ4n) is 3.49. The van der Waals surface area contributed by atoms with E-state index >= 15 is 0 Å². The summed E-state index contributed by atoms with van der Waals surface area (Å²) in [5, 5.41) is 18.6. The highest BCUT2D eigenvalue weighted by atomic mass is 32.2. The van der Waals surface area contributed by atoms with Gasteiger partial charge in [0, 0.05) is 25.4 Å². The number of rotatable bonds is 9. The molecule has 2 heterocycles. The molecule has 1 aliphatic rings. The number of aryl methyl sites for hydroxylation is 1. The van der Waals surface area contributed by atoms with Crippen LogP contribution in [0.5, 0.6) is 11.6 Å². The van der Waals surface area contributed by atoms with Gasteiger partial charge in [-0.25, -0.2) is 13.2 Å². The smallest absolute Gasteiger partial charge is 0.412 e. The number of anilines is 2. The minimum Gasteiger partial charge on any atom is -0.484 e. The molecule has 0 aliphatic carbocycles. The lowest BCUT2D eigenvalue weighted by molar-refractivity contribution is -0.119. The third kappa shape index (κ3) is 7.04. The van der Waals surface area contributed by atoms with E-state index in [1.54, 1.807) is 33.8 Å². The summed E-state index contributed by atoms with van der Waals surface area (Å²) >= 11 is 0. The van der Waals surface area contributed by atoms with Crippen molar-refractivity contribution >= 4 is 33.4 Å². The average Bonchev–Trinajstić information content (AvgIpc) is 3.24. The number of aromatic nitrogens is 2. The number of aliphatic hydroxyl groups excluding tert-OH is 1. The first-order chi connectivity index (χ1) is 17.3. The van der Waals surface area contributed by atoms with Crippen molar-refractivity contribution in [3.8, 4) is 11.6 Å². The van der Waals surface area contributed by atoms with E-state index in [0.717, 1.165) is 4.31 Å². The molecular weight excluding hydrogens is 506 g/mol. The van der Waals surface area contributed by atoms with Gasteiger partial charge in [0.05, 0.1) is 25.4 Å². The van der Waals surface area contributed by atoms with Gasteiger partial charge in [-0.3, -0.25) is 19.1 Å². The number of ether oxygens (including phenoxy) is 3. The van der Waals surface area contributed by atoms with Gasteiger partial charge in [0.2, 0.25) is 5.91 Å². The zero-order chi connectivity index (χ0) is 27.4. The summed E-state index contributed by atoms with van der Waals surface area (Å²) < 4.78 is 47.1. The number of nitrogens with zero attached hydrogens (tertiary/aromatic N) is 3. The fraction of sp³-hybridized carbons (Fsp3) is 0.522. The monoisotopic (exact) mass is 539 g/mol. The first-order valence-corrected chi connectivity index (χ1v) is 13.2. The highest BCUT2D eigenvalue weighted by Crippen LogP contribution is 2.40. The Bertz CT molecular complexity index is 1240. The maximum absolute atomic E-state index is 13.9. The SMILES string of the molecule is CCn1cc(S(=O)(=O)N2C[C@H](CNC(C)=O)Oc3ccc(NC(=O)OC(C)(C)C)cc32)c(OCCO)n1. The van der Waals surface area contributed by atoms with Crippen molar-refractivity contribution < 1.29 is 37.3 Å². The molecule has 0 saturated heterocycles. The van der Waals surface area contributed by atoms with E-state index < -0.39 is 27.8 Å². The number of carbonyl (C=O) groups excluding carboxylic acids is 2. The number of fused-ring (bicyclic) bond motifs is 1. The first kappa shape index (κ1) is 28.1. The summed E-state index contributed by atoms with van der Waals surface area (Å²) in [7, 11) is -4.26. The molecule has 1 aromatic heterocycles. The van der Waals surface area contributed by atoms with E-state index in [4.69, 9.17) is 19.3 Å². The summed E-state index contributed by atoms with van der Waals surface area (Å²) in [6, 6.07) is 4.55. The first-order valence-electron chi connectivity index (χ1n) is 11.7. The van der Waals surface area contributed by atoms with E-state index in [1.165, 1.54) is 29.9 Å². The van der Waals surface area contributed by atoms with Crippen molar-refractivity contribution in [1.82, 2.24) is 15.1 Å². The second kappa shape index (κ2) is 11.3. The van der Waals surface area contributed by atoms with Crippen molar-refractivity contribution in [1.29, 1.82) is 0 Å². The van der Waals surface area contributed by atoms with Gasteiger partial charge in [-0.15, -0.1) is 5.10 Å². The lowest BCUT2D eigenvalue weighted by Gasteiger charge is -2.35. The molecule has 0 spiro atoms. The van der Waals surface area contributed by atoms with Crippen LogP contribution in [0.4, 0.5) is 16.2 Å². The van der Waals surface area contributed by atoms with Crippen molar-refractivity contribution in [2.24, 2.45) is 0 Å². The molecule has 3 N–H and O–H groups in total. The van der Waals surface area contributed by atoms with Gasteiger partial charge in [0.15, 0.2) is 4.90 Å². The number of nitrogens with one attached hydrogen (secondary N) is 2. The molecular formula is C23H33N5O8S. The molecule has 1 aliphatic heterocycles. The molecule has 0 saturated carbocycles. The second-order valence-corrected chi connectivity index (χ2v) is 11.1. The molecule has 2 aromatic rings. The minimum absolute atomic E-state index is 0.0702. The largest absolute Gasteiger partial charge is 0.484 e. The Morgan fingerprint density at radius 2 is 2.03 bits per heavy atom. The fourth-order valence-corrected chi connectivity index (χ4v) is 5.06. The Labute approximate surface area is 215 Å². The van der Waals surface area contributed by atoms with Crippen LogP contribution in [-0.2, 0) is 26.1 Å². The molecule has 1 atom stereocenters. The predicted octanol–water partition coefficient (Wildman–Crippen LogP) is 1.71. The highest BCUT2D eigenvalue weighted by Gasteiger charge is 2.38. The van der Waals surface area contributed by atoms with Crippen molar-refractivity contribution in [3.05, 3.63) is 24.4 Å². The lowest BCUT2D eigenvalue weighted by Crippen LogP contribution is -2.48. The molecule has 14 heteroatoms. The van der Waals surface area contributed by atoms with Crippen LogP contribution in [0.2, 0.25) is 0 Å². The number of aliphatic hydroxyl groups is 1. The second-order valence-electron chi connectivity index (χ2n) is 9.25. The third-order valence-corrected chi connectivity index (χ3v) is 6.80. The van der Waals surface area contributed by atoms with Crippen LogP contribution >= 0.6 is 0 Å². The van der Waals surface area contributed by atoms with Crippen molar-refractivity contribution in [3.63, 3.8) is 0 Å². The van der Waals surface area contributed by atoms with Crippen LogP contribution in [0, 0.1) is 0 Å². The van der Waals surface area contributed by atoms with E-state index in [-0.39, 0.29) is 60.1 Å². The molecule has 204 valence electrons. The quantitative estimate of drug-likeness (QED) is 0.431. The molecule has 0 radical (unpaired) electrons. The Kier molecular flexibility index (Phi) is 8.53. The summed E-state index contributed by atoms with van der Waals surface area (Å²) in [5.74, 6) is -0.198. The Morgan fingerprint density at radius 1 is 1.30 bits per heavy atom. The summed E-state index contributed by atoms with van der Waals surface area (Å²) in [4.78, 5) is 23.6. The average molecular weight is 540 g/mol. The maximum Gasteiger partial charge on any atom is 0.412 e. The van der Waals surface area contributed by atoms with Crippen LogP contribution in [0.1, 0.15) is 34.6 Å². The molecule has 2 amide bonds. The normalized spacial score (nSPS) is 15.4. The van der Waals surface area contributed by atoms with Gasteiger partial charge >= 0.3 is 6.09 Å². The summed E-state index contributed by atoms with van der Waals surface area (Å²) in [5.41, 5.74) is -0.263. The molecule has 0 unspecified atom stereocenters. The summed E-state index contributed by atoms with van der Waals surface area (Å²) in [6.07, 6.45) is -0.0482. The maximum atomic E-state index is 13.9. The highest BCUT2D eigenvalue weighted by molar-refractivity contribution is 7.93. The molecule has 13 nitrogen and oxygen atoms in total. The van der Waals surface area contributed by atoms with Gasteiger partial charge in [0.1, 0.15) is 24.1 Å². The number of hydrogen-bond acceptors (Lipinski definition) is 9. The molecule has 0 bridgehead atoms. The number of sulfonamides is 1. The van der Waals surface area contributed by atoms with Crippen LogP contribution in [0.3, 0.4) is 0 Å². The molecule has 37 heavy (non-hydrogen) atoms. The zero-order valence-corrected chi connectivity index (χ0v) is 22.3. The van der Waals surface area contributed by atoms with Gasteiger partial charge in [-0.1, -0.05) is 0 Å². The van der Waals surface area contributed by atoms with Crippen LogP contribution < -0.4 is 24.4 Å². The third-order valence-electron chi connectivity index (χ3n) is 5.03.